The number of benzene rings is 1. The van der Waals surface area contributed by atoms with Gasteiger partial charge in [0.05, 0.1) is 17.2 Å². The van der Waals surface area contributed by atoms with Gasteiger partial charge in [-0.15, -0.1) is 0 Å². The zero-order valence-electron chi connectivity index (χ0n) is 33.2. The Kier molecular flexibility index (Phi) is 11.6. The fraction of sp³-hybridized carbons (Fsp3) is 0.614. The van der Waals surface area contributed by atoms with Crippen molar-refractivity contribution in [1.29, 1.82) is 0 Å². The van der Waals surface area contributed by atoms with Crippen LogP contribution in [0.3, 0.4) is 0 Å². The highest BCUT2D eigenvalue weighted by Gasteiger charge is 2.71. The minimum Gasteiger partial charge on any atom is -0.485 e. The van der Waals surface area contributed by atoms with Crippen LogP contribution in [-0.2, 0) is 24.0 Å². The van der Waals surface area contributed by atoms with Gasteiger partial charge in [-0.25, -0.2) is 4.39 Å². The van der Waals surface area contributed by atoms with E-state index in [2.05, 4.69) is 10.6 Å². The molecule has 13 nitrogen and oxygen atoms in total. The molecule has 4 aliphatic carbocycles. The van der Waals surface area contributed by atoms with Crippen LogP contribution in [0.15, 0.2) is 42.0 Å². The van der Waals surface area contributed by atoms with Gasteiger partial charge < -0.3 is 20.3 Å². The lowest BCUT2D eigenvalue weighted by molar-refractivity contribution is -0.191. The quantitative estimate of drug-likeness (QED) is 0.147. The third-order valence-electron chi connectivity index (χ3n) is 14.2. The van der Waals surface area contributed by atoms with Crippen LogP contribution in [0.2, 0.25) is 0 Å². The minimum atomic E-state index is -2.00. The van der Waals surface area contributed by atoms with Crippen LogP contribution in [-0.4, -0.2) is 92.8 Å². The Labute approximate surface area is 337 Å². The number of hydrogen-bond donors (Lipinski definition) is 4. The average molecular weight is 804 g/mol. The Morgan fingerprint density at radius 2 is 1.69 bits per heavy atom. The van der Waals surface area contributed by atoms with Gasteiger partial charge in [0.25, 0.3) is 17.7 Å². The number of ether oxygens (including phenoxy) is 1. The molecule has 1 aromatic carbocycles. The van der Waals surface area contributed by atoms with Crippen molar-refractivity contribution in [3.8, 4) is 5.75 Å². The van der Waals surface area contributed by atoms with Gasteiger partial charge in [-0.1, -0.05) is 56.7 Å². The molecule has 0 aromatic heterocycles. The Bertz CT molecular complexity index is 1960. The molecule has 58 heavy (non-hydrogen) atoms. The van der Waals surface area contributed by atoms with Crippen molar-refractivity contribution in [3.05, 3.63) is 53.1 Å². The number of piperidine rings is 1. The van der Waals surface area contributed by atoms with E-state index in [1.165, 1.54) is 24.3 Å². The summed E-state index contributed by atoms with van der Waals surface area (Å²) < 4.78 is 23.0. The highest BCUT2D eigenvalue weighted by Crippen LogP contribution is 2.66. The van der Waals surface area contributed by atoms with E-state index in [9.17, 15) is 43.8 Å². The summed E-state index contributed by atoms with van der Waals surface area (Å²) in [7, 11) is 0. The molecule has 0 bridgehead atoms. The molecular weight excluding hydrogens is 749 g/mol. The number of alkyl halides is 1. The molecule has 2 unspecified atom stereocenters. The van der Waals surface area contributed by atoms with Gasteiger partial charge in [-0.2, -0.15) is 0 Å². The molecule has 9 atom stereocenters. The maximum absolute atomic E-state index is 17.3. The zero-order valence-corrected chi connectivity index (χ0v) is 33.2. The molecule has 14 heteroatoms. The Morgan fingerprint density at radius 1 is 0.966 bits per heavy atom. The summed E-state index contributed by atoms with van der Waals surface area (Å²) in [6, 6.07) is 3.42. The first-order valence-electron chi connectivity index (χ1n) is 20.9. The summed E-state index contributed by atoms with van der Waals surface area (Å²) in [5.41, 5.74) is -4.03. The average Bonchev–Trinajstić information content (AvgIpc) is 3.60. The number of carbonyl (C=O) groups excluding carboxylic acids is 7. The number of aliphatic hydroxyl groups excluding tert-OH is 1. The molecule has 312 valence electrons. The number of Topliss-reactive ketones (excluding diaryl/α,β-unsaturated/α-hetero) is 1. The zero-order chi connectivity index (χ0) is 41.6. The molecule has 4 N–H and O–H groups in total. The fourth-order valence-corrected chi connectivity index (χ4v) is 11.0. The molecule has 0 radical (unpaired) electrons. The van der Waals surface area contributed by atoms with Crippen LogP contribution in [0.5, 0.6) is 5.75 Å². The summed E-state index contributed by atoms with van der Waals surface area (Å²) in [6.07, 6.45) is 10.8. The SMILES string of the molecule is C[C@@H]1C[C@@H]2C(C[C@H](O)[C@@]3(F)[C@H]2CCC2=CC(=O)C=C[C@@]23C)[C@@]1(O)C(=O)NCCCCCCCCCC(=O)COc1cccc2c1C(=O)N(C1CCC(=O)NC1=O)C2=O. The van der Waals surface area contributed by atoms with E-state index in [4.69, 9.17) is 4.74 Å². The predicted molar refractivity (Wildman–Crippen MR) is 207 cm³/mol. The Balaban J connectivity index is 0.791. The maximum atomic E-state index is 17.3. The maximum Gasteiger partial charge on any atom is 0.266 e. The number of hydrogen-bond acceptors (Lipinski definition) is 10. The van der Waals surface area contributed by atoms with Gasteiger partial charge >= 0.3 is 0 Å². The molecule has 3 saturated carbocycles. The summed E-state index contributed by atoms with van der Waals surface area (Å²) in [5.74, 6) is -4.99. The lowest BCUT2D eigenvalue weighted by Crippen LogP contribution is -2.66. The number of amides is 5. The number of unbranched alkanes of at least 4 members (excludes halogenated alkanes) is 6. The smallest absolute Gasteiger partial charge is 0.266 e. The van der Waals surface area contributed by atoms with Crippen molar-refractivity contribution in [1.82, 2.24) is 15.5 Å². The molecule has 5 amide bonds. The molecule has 2 heterocycles. The number of allylic oxidation sites excluding steroid dienone is 4. The molecule has 7 rings (SSSR count). The highest BCUT2D eigenvalue weighted by molar-refractivity contribution is 6.24. The Morgan fingerprint density at radius 3 is 2.43 bits per heavy atom. The molecule has 2 aliphatic heterocycles. The van der Waals surface area contributed by atoms with E-state index >= 15 is 4.39 Å². The first kappa shape index (κ1) is 41.6. The summed E-state index contributed by atoms with van der Waals surface area (Å²) >= 11 is 0. The first-order chi connectivity index (χ1) is 27.6. The molecule has 1 saturated heterocycles. The number of nitrogens with zero attached hydrogens (tertiary/aromatic N) is 1. The monoisotopic (exact) mass is 803 g/mol. The van der Waals surface area contributed by atoms with E-state index in [-0.39, 0.29) is 60.2 Å². The lowest BCUT2D eigenvalue weighted by Gasteiger charge is -2.59. The van der Waals surface area contributed by atoms with Gasteiger partial charge in [0.1, 0.15) is 24.0 Å². The third-order valence-corrected chi connectivity index (χ3v) is 14.2. The van der Waals surface area contributed by atoms with E-state index in [0.29, 0.717) is 44.2 Å². The Hall–Kier alpha value is -4.56. The van der Waals surface area contributed by atoms with Crippen LogP contribution in [0.25, 0.3) is 0 Å². The number of rotatable bonds is 15. The van der Waals surface area contributed by atoms with Crippen molar-refractivity contribution in [2.75, 3.05) is 13.2 Å². The third kappa shape index (κ3) is 7.03. The topological polar surface area (TPSA) is 196 Å². The summed E-state index contributed by atoms with van der Waals surface area (Å²) in [6.45, 7) is 3.71. The summed E-state index contributed by atoms with van der Waals surface area (Å²) in [5, 5.41) is 28.4. The van der Waals surface area contributed by atoms with Crippen LogP contribution >= 0.6 is 0 Å². The molecule has 6 aliphatic rings. The van der Waals surface area contributed by atoms with Gasteiger partial charge in [-0.05, 0) is 88.0 Å². The second-order valence-electron chi connectivity index (χ2n) is 17.4. The molecule has 4 fully saturated rings. The first-order valence-corrected chi connectivity index (χ1v) is 20.9. The summed E-state index contributed by atoms with van der Waals surface area (Å²) in [4.78, 5) is 89.3. The van der Waals surface area contributed by atoms with Crippen molar-refractivity contribution in [3.63, 3.8) is 0 Å². The minimum absolute atomic E-state index is 0.00346. The largest absolute Gasteiger partial charge is 0.485 e. The molecular formula is C44H54FN3O10. The number of fused-ring (bicyclic) bond motifs is 6. The molecule has 1 aromatic rings. The lowest BCUT2D eigenvalue weighted by atomic mass is 9.48. The van der Waals surface area contributed by atoms with Gasteiger partial charge in [0.15, 0.2) is 17.2 Å². The highest BCUT2D eigenvalue weighted by atomic mass is 19.1. The normalized spacial score (nSPS) is 33.8. The van der Waals surface area contributed by atoms with E-state index < -0.39 is 76.1 Å². The van der Waals surface area contributed by atoms with Crippen molar-refractivity contribution < 1.29 is 52.9 Å². The number of aliphatic hydroxyl groups is 2. The molecule has 0 spiro atoms. The van der Waals surface area contributed by atoms with E-state index in [1.54, 1.807) is 19.1 Å². The van der Waals surface area contributed by atoms with Crippen LogP contribution in [0, 0.1) is 29.1 Å². The van der Waals surface area contributed by atoms with Gasteiger partial charge in [0.2, 0.25) is 11.8 Å². The van der Waals surface area contributed by atoms with Crippen molar-refractivity contribution in [2.24, 2.45) is 29.1 Å². The van der Waals surface area contributed by atoms with E-state index in [0.717, 1.165) is 43.4 Å². The second-order valence-corrected chi connectivity index (χ2v) is 17.4. The van der Waals surface area contributed by atoms with Crippen molar-refractivity contribution in [2.45, 2.75) is 127 Å². The fourth-order valence-electron chi connectivity index (χ4n) is 11.0. The predicted octanol–water partition coefficient (Wildman–Crippen LogP) is 4.23. The number of ketones is 2. The van der Waals surface area contributed by atoms with Crippen LogP contribution in [0.4, 0.5) is 4.39 Å². The number of halogens is 1. The van der Waals surface area contributed by atoms with Crippen LogP contribution < -0.4 is 15.4 Å². The van der Waals surface area contributed by atoms with Gasteiger partial charge in [-0.3, -0.25) is 43.8 Å². The standard InChI is InChI=1S/C44H54FN3O10/c1-25-21-30-31-15-14-26-22-27(49)18-19-42(26,2)44(31,45)35(51)23-32(30)43(25,57)41(56)46-20-9-7-5-3-4-6-8-11-28(50)24-58-34-13-10-12-29-37(34)40(55)48(39(29)54)33-16-17-36(52)47-38(33)53/h10,12-13,18-19,22,25,30-33,35,51,57H,3-9,11,14-17,20-21,23-24H2,1-2H3,(H,46,56)(H,47,52,53)/t25-,30+,31+,32?,33?,35+,42+,43-,44+/m1/s1. The number of carbonyl (C=O) groups is 7. The van der Waals surface area contributed by atoms with Crippen LogP contribution in [0.1, 0.15) is 124 Å². The number of nitrogens with one attached hydrogen (secondary N) is 2. The van der Waals surface area contributed by atoms with Crippen molar-refractivity contribution >= 4 is 41.1 Å². The van der Waals surface area contributed by atoms with E-state index in [1.807, 2.05) is 6.92 Å². The number of imide groups is 2. The second kappa shape index (κ2) is 16.2. The van der Waals surface area contributed by atoms with Gasteiger partial charge in [0, 0.05) is 36.6 Å².